The molecule has 0 radical (unpaired) electrons. The van der Waals surface area contributed by atoms with Crippen molar-refractivity contribution in [3.8, 4) is 5.75 Å². The van der Waals surface area contributed by atoms with Gasteiger partial charge < -0.3 is 25.4 Å². The predicted octanol–water partition coefficient (Wildman–Crippen LogP) is 6.58. The Balaban J connectivity index is 2.64. The number of hydrogen-bond donors (Lipinski definition) is 3. The molecule has 0 saturated heterocycles. The number of ether oxygens (including phenoxy) is 1. The van der Waals surface area contributed by atoms with Crippen LogP contribution in [0, 0.1) is 18.8 Å². The van der Waals surface area contributed by atoms with Crippen molar-refractivity contribution in [2.45, 2.75) is 98.9 Å². The van der Waals surface area contributed by atoms with Crippen LogP contribution in [0.5, 0.6) is 5.75 Å². The van der Waals surface area contributed by atoms with Gasteiger partial charge in [-0.15, -0.1) is 0 Å². The summed E-state index contributed by atoms with van der Waals surface area (Å²) < 4.78 is 5.45. The van der Waals surface area contributed by atoms with Crippen LogP contribution >= 0.6 is 0 Å². The van der Waals surface area contributed by atoms with Gasteiger partial charge >= 0.3 is 6.09 Å². The normalized spacial score (nSPS) is 13.9. The lowest BCUT2D eigenvalue weighted by Crippen LogP contribution is -2.56. The van der Waals surface area contributed by atoms with Gasteiger partial charge in [0.1, 0.15) is 23.4 Å². The van der Waals surface area contributed by atoms with Gasteiger partial charge in [-0.2, -0.15) is 0 Å². The number of para-hydroxylation sites is 2. The lowest BCUT2D eigenvalue weighted by molar-refractivity contribution is -0.144. The molecule has 3 N–H and O–H groups in total. The number of aromatic hydroxyl groups is 1. The summed E-state index contributed by atoms with van der Waals surface area (Å²) in [5, 5.41) is 16.6. The van der Waals surface area contributed by atoms with E-state index in [4.69, 9.17) is 4.74 Å². The number of carbonyl (C=O) groups excluding carboxylic acids is 3. The Bertz CT molecular complexity index is 1160. The minimum Gasteiger partial charge on any atom is -0.508 e. The van der Waals surface area contributed by atoms with E-state index in [-0.39, 0.29) is 17.7 Å². The average Bonchev–Trinajstić information content (AvgIpc) is 2.84. The third-order valence-corrected chi connectivity index (χ3v) is 6.66. The van der Waals surface area contributed by atoms with E-state index in [2.05, 4.69) is 24.5 Å². The van der Waals surface area contributed by atoms with E-state index < -0.39 is 35.6 Å². The number of alkyl carbamates (subject to hydrolysis) is 1. The van der Waals surface area contributed by atoms with Crippen molar-refractivity contribution in [2.24, 2.45) is 11.8 Å². The van der Waals surface area contributed by atoms with Crippen LogP contribution in [-0.4, -0.2) is 45.6 Å². The van der Waals surface area contributed by atoms with Crippen LogP contribution in [0.1, 0.15) is 85.4 Å². The highest BCUT2D eigenvalue weighted by molar-refractivity contribution is 6.00. The Labute approximate surface area is 239 Å². The Morgan fingerprint density at radius 1 is 0.925 bits per heavy atom. The van der Waals surface area contributed by atoms with Crippen molar-refractivity contribution in [3.63, 3.8) is 0 Å². The number of nitrogens with one attached hydrogen (secondary N) is 2. The molecule has 0 heterocycles. The molecule has 220 valence electrons. The molecule has 8 heteroatoms. The van der Waals surface area contributed by atoms with E-state index in [0.717, 1.165) is 12.0 Å². The Morgan fingerprint density at radius 2 is 1.52 bits per heavy atom. The summed E-state index contributed by atoms with van der Waals surface area (Å²) in [4.78, 5) is 42.8. The summed E-state index contributed by atoms with van der Waals surface area (Å²) in [6, 6.07) is 11.4. The lowest BCUT2D eigenvalue weighted by Gasteiger charge is -2.39. The molecule has 0 aliphatic carbocycles. The van der Waals surface area contributed by atoms with Crippen molar-refractivity contribution in [1.29, 1.82) is 0 Å². The van der Waals surface area contributed by atoms with Crippen LogP contribution in [0.25, 0.3) is 0 Å². The molecule has 3 amide bonds. The highest BCUT2D eigenvalue weighted by Crippen LogP contribution is 2.34. The quantitative estimate of drug-likeness (QED) is 0.291. The van der Waals surface area contributed by atoms with Gasteiger partial charge in [-0.25, -0.2) is 4.79 Å². The van der Waals surface area contributed by atoms with Crippen molar-refractivity contribution in [2.75, 3.05) is 5.32 Å². The topological polar surface area (TPSA) is 108 Å². The minimum absolute atomic E-state index is 0.0949. The number of aryl methyl sites for hydroxylation is 1. The first-order chi connectivity index (χ1) is 18.6. The summed E-state index contributed by atoms with van der Waals surface area (Å²) in [7, 11) is 0. The van der Waals surface area contributed by atoms with Gasteiger partial charge in [-0.05, 0) is 77.0 Å². The number of benzene rings is 2. The average molecular weight is 554 g/mol. The molecular formula is C32H47N3O5. The SMILES string of the molecule is Cc1ccccc1NC(=O)C(c1ccccc1O)N(C(=O)C(NC(=O)OC(C)(C)C)C(C)C)C(C)CCC(C)C. The number of carbonyl (C=O) groups is 3. The number of rotatable bonds is 11. The number of phenols is 1. The van der Waals surface area contributed by atoms with Gasteiger partial charge in [0, 0.05) is 17.3 Å². The third kappa shape index (κ3) is 9.28. The zero-order valence-corrected chi connectivity index (χ0v) is 25.4. The number of nitrogens with zero attached hydrogens (tertiary/aromatic N) is 1. The van der Waals surface area contributed by atoms with Gasteiger partial charge in [0.05, 0.1) is 0 Å². The molecule has 3 atom stereocenters. The fourth-order valence-electron chi connectivity index (χ4n) is 4.47. The first kappa shape index (κ1) is 32.7. The van der Waals surface area contributed by atoms with Crippen LogP contribution in [-0.2, 0) is 14.3 Å². The Kier molecular flexibility index (Phi) is 11.6. The summed E-state index contributed by atoms with van der Waals surface area (Å²) in [5.41, 5.74) is 1.04. The fourth-order valence-corrected chi connectivity index (χ4v) is 4.47. The largest absolute Gasteiger partial charge is 0.508 e. The van der Waals surface area contributed by atoms with Crippen molar-refractivity contribution in [1.82, 2.24) is 10.2 Å². The second-order valence-electron chi connectivity index (χ2n) is 12.2. The zero-order valence-electron chi connectivity index (χ0n) is 25.4. The maximum absolute atomic E-state index is 14.4. The molecule has 2 rings (SSSR count). The number of hydrogen-bond acceptors (Lipinski definition) is 5. The molecule has 0 fully saturated rings. The number of anilines is 1. The summed E-state index contributed by atoms with van der Waals surface area (Å²) in [6.45, 7) is 16.9. The molecule has 0 spiro atoms. The van der Waals surface area contributed by atoms with Crippen molar-refractivity contribution < 1.29 is 24.2 Å². The van der Waals surface area contributed by atoms with Gasteiger partial charge in [-0.1, -0.05) is 64.1 Å². The van der Waals surface area contributed by atoms with Crippen LogP contribution in [0.2, 0.25) is 0 Å². The zero-order chi connectivity index (χ0) is 30.2. The highest BCUT2D eigenvalue weighted by atomic mass is 16.6. The van der Waals surface area contributed by atoms with Crippen molar-refractivity contribution >= 4 is 23.6 Å². The molecule has 0 aromatic heterocycles. The van der Waals surface area contributed by atoms with Crippen LogP contribution in [0.15, 0.2) is 48.5 Å². The molecule has 2 aromatic carbocycles. The maximum atomic E-state index is 14.4. The molecule has 0 saturated carbocycles. The first-order valence-electron chi connectivity index (χ1n) is 14.1. The van der Waals surface area contributed by atoms with E-state index in [0.29, 0.717) is 23.6 Å². The first-order valence-corrected chi connectivity index (χ1v) is 14.1. The predicted molar refractivity (Wildman–Crippen MR) is 159 cm³/mol. The third-order valence-electron chi connectivity index (χ3n) is 6.66. The summed E-state index contributed by atoms with van der Waals surface area (Å²) in [6.07, 6.45) is 0.740. The van der Waals surface area contributed by atoms with Gasteiger partial charge in [-0.3, -0.25) is 9.59 Å². The molecule has 8 nitrogen and oxygen atoms in total. The van der Waals surface area contributed by atoms with E-state index in [1.165, 1.54) is 11.0 Å². The van der Waals surface area contributed by atoms with E-state index in [1.54, 1.807) is 45.0 Å². The van der Waals surface area contributed by atoms with Gasteiger partial charge in [0.2, 0.25) is 5.91 Å². The maximum Gasteiger partial charge on any atom is 0.408 e. The van der Waals surface area contributed by atoms with Crippen molar-refractivity contribution in [3.05, 3.63) is 59.7 Å². The summed E-state index contributed by atoms with van der Waals surface area (Å²) >= 11 is 0. The number of phenolic OH excluding ortho intramolecular Hbond substituents is 1. The standard InChI is InChI=1S/C32H47N3O5/c1-20(2)18-19-23(6)35(30(38)27(21(3)4)34-31(39)40-32(7,8)9)28(24-15-11-13-17-26(24)36)29(37)33-25-16-12-10-14-22(25)5/h10-17,20-21,23,27-28,36H,18-19H2,1-9H3,(H,33,37)(H,34,39). The summed E-state index contributed by atoms with van der Waals surface area (Å²) in [5.74, 6) is -0.901. The fraction of sp³-hybridized carbons (Fsp3) is 0.531. The lowest BCUT2D eigenvalue weighted by atomic mass is 9.94. The molecule has 0 aliphatic heterocycles. The van der Waals surface area contributed by atoms with Crippen LogP contribution in [0.3, 0.4) is 0 Å². The van der Waals surface area contributed by atoms with Crippen LogP contribution < -0.4 is 10.6 Å². The van der Waals surface area contributed by atoms with Gasteiger partial charge in [0.15, 0.2) is 0 Å². The molecule has 3 unspecified atom stereocenters. The van der Waals surface area contributed by atoms with Gasteiger partial charge in [0.25, 0.3) is 5.91 Å². The Hall–Kier alpha value is -3.55. The molecule has 2 aromatic rings. The van der Waals surface area contributed by atoms with E-state index >= 15 is 0 Å². The second kappa shape index (κ2) is 14.2. The minimum atomic E-state index is -1.16. The second-order valence-corrected chi connectivity index (χ2v) is 12.2. The molecule has 0 bridgehead atoms. The van der Waals surface area contributed by atoms with E-state index in [1.807, 2.05) is 45.9 Å². The van der Waals surface area contributed by atoms with E-state index in [9.17, 15) is 19.5 Å². The smallest absolute Gasteiger partial charge is 0.408 e. The molecule has 40 heavy (non-hydrogen) atoms. The highest BCUT2D eigenvalue weighted by Gasteiger charge is 2.41. The number of amides is 3. The Morgan fingerprint density at radius 3 is 2.08 bits per heavy atom. The monoisotopic (exact) mass is 553 g/mol. The molecule has 0 aliphatic rings. The van der Waals surface area contributed by atoms with Crippen LogP contribution in [0.4, 0.5) is 10.5 Å². The molecular weight excluding hydrogens is 506 g/mol.